The molecule has 0 aliphatic carbocycles. The first-order chi connectivity index (χ1) is 13.7. The molecule has 1 N–H and O–H groups in total. The van der Waals surface area contributed by atoms with Gasteiger partial charge in [-0.3, -0.25) is 10.2 Å². The van der Waals surface area contributed by atoms with E-state index < -0.39 is 4.87 Å². The van der Waals surface area contributed by atoms with Gasteiger partial charge in [-0.25, -0.2) is 4.39 Å². The number of hydrazone groups is 1. The van der Waals surface area contributed by atoms with Gasteiger partial charge in [0.2, 0.25) is 4.87 Å². The fourth-order valence-corrected chi connectivity index (χ4v) is 4.79. The fourth-order valence-electron chi connectivity index (χ4n) is 3.58. The summed E-state index contributed by atoms with van der Waals surface area (Å²) in [6, 6.07) is 23.8. The van der Waals surface area contributed by atoms with Crippen LogP contribution in [0.1, 0.15) is 16.7 Å². The van der Waals surface area contributed by atoms with Crippen LogP contribution in [0.2, 0.25) is 0 Å². The second-order valence-electron chi connectivity index (χ2n) is 6.71. The Balaban J connectivity index is 1.51. The lowest BCUT2D eigenvalue weighted by Crippen LogP contribution is -2.44. The van der Waals surface area contributed by atoms with Gasteiger partial charge in [0.1, 0.15) is 10.9 Å². The lowest BCUT2D eigenvalue weighted by molar-refractivity contribution is -0.121. The second kappa shape index (κ2) is 6.49. The third-order valence-corrected chi connectivity index (χ3v) is 6.27. The van der Waals surface area contributed by atoms with E-state index in [0.29, 0.717) is 6.54 Å². The molecule has 4 nitrogen and oxygen atoms in total. The van der Waals surface area contributed by atoms with Crippen LogP contribution in [0.4, 0.5) is 10.1 Å². The van der Waals surface area contributed by atoms with Crippen molar-refractivity contribution in [1.82, 2.24) is 5.43 Å². The molecule has 2 aliphatic heterocycles. The number of hydrogen-bond donors (Lipinski definition) is 1. The van der Waals surface area contributed by atoms with Gasteiger partial charge >= 0.3 is 0 Å². The molecule has 1 unspecified atom stereocenters. The lowest BCUT2D eigenvalue weighted by atomic mass is 10.1. The Kier molecular flexibility index (Phi) is 3.94. The summed E-state index contributed by atoms with van der Waals surface area (Å²) >= 11 is 1.43. The maximum atomic E-state index is 13.5. The van der Waals surface area contributed by atoms with Crippen molar-refractivity contribution in [3.63, 3.8) is 0 Å². The number of amides is 1. The summed E-state index contributed by atoms with van der Waals surface area (Å²) in [6.07, 6.45) is 0. The van der Waals surface area contributed by atoms with E-state index in [1.165, 1.54) is 23.9 Å². The van der Waals surface area contributed by atoms with Gasteiger partial charge in [-0.1, -0.05) is 72.4 Å². The number of para-hydroxylation sites is 1. The number of halogens is 1. The van der Waals surface area contributed by atoms with Crippen molar-refractivity contribution >= 4 is 28.4 Å². The monoisotopic (exact) mass is 389 g/mol. The molecule has 28 heavy (non-hydrogen) atoms. The van der Waals surface area contributed by atoms with Crippen LogP contribution in [0.15, 0.2) is 84.0 Å². The van der Waals surface area contributed by atoms with E-state index in [1.54, 1.807) is 17.0 Å². The molecule has 0 bridgehead atoms. The van der Waals surface area contributed by atoms with Gasteiger partial charge in [-0.15, -0.1) is 0 Å². The zero-order chi connectivity index (χ0) is 19.1. The van der Waals surface area contributed by atoms with Crippen molar-refractivity contribution in [2.24, 2.45) is 5.10 Å². The van der Waals surface area contributed by atoms with Crippen molar-refractivity contribution in [2.75, 3.05) is 4.90 Å². The van der Waals surface area contributed by atoms with Crippen molar-refractivity contribution in [3.8, 4) is 0 Å². The van der Waals surface area contributed by atoms with E-state index in [1.807, 2.05) is 54.6 Å². The molecule has 6 heteroatoms. The van der Waals surface area contributed by atoms with Gasteiger partial charge in [0, 0.05) is 11.1 Å². The maximum absolute atomic E-state index is 13.5. The maximum Gasteiger partial charge on any atom is 0.270 e. The number of carbonyl (C=O) groups excluding carboxylic acids is 1. The molecule has 0 fully saturated rings. The number of rotatable bonds is 3. The number of carbonyl (C=O) groups is 1. The molecule has 0 aromatic heterocycles. The first-order valence-electron chi connectivity index (χ1n) is 8.92. The van der Waals surface area contributed by atoms with Crippen LogP contribution in [0.3, 0.4) is 0 Å². The SMILES string of the molecule is O=C1N(Cc2ccc(F)cc2)c2ccccc2C12NN=C(c1ccccc1)S2. The fraction of sp³-hybridized carbons (Fsp3) is 0.0909. The number of thioether (sulfide) groups is 1. The van der Waals surface area contributed by atoms with E-state index in [-0.39, 0.29) is 11.7 Å². The van der Waals surface area contributed by atoms with Gasteiger partial charge in [0.15, 0.2) is 0 Å². The van der Waals surface area contributed by atoms with E-state index in [2.05, 4.69) is 10.5 Å². The highest BCUT2D eigenvalue weighted by atomic mass is 32.2. The minimum atomic E-state index is -0.970. The molecular weight excluding hydrogens is 373 g/mol. The Bertz CT molecular complexity index is 1080. The summed E-state index contributed by atoms with van der Waals surface area (Å²) in [5.74, 6) is -0.361. The first-order valence-corrected chi connectivity index (χ1v) is 9.74. The zero-order valence-electron chi connectivity index (χ0n) is 14.8. The number of nitrogens with one attached hydrogen (secondary N) is 1. The van der Waals surface area contributed by atoms with Crippen molar-refractivity contribution in [2.45, 2.75) is 11.4 Å². The van der Waals surface area contributed by atoms with Crippen LogP contribution in [-0.4, -0.2) is 11.0 Å². The third-order valence-electron chi connectivity index (χ3n) is 4.96. The molecule has 0 radical (unpaired) electrons. The topological polar surface area (TPSA) is 44.7 Å². The van der Waals surface area contributed by atoms with Gasteiger partial charge in [-0.05, 0) is 23.8 Å². The lowest BCUT2D eigenvalue weighted by Gasteiger charge is -2.22. The average Bonchev–Trinajstić information content (AvgIpc) is 3.28. The molecule has 0 saturated heterocycles. The van der Waals surface area contributed by atoms with E-state index >= 15 is 0 Å². The smallest absolute Gasteiger partial charge is 0.270 e. The molecule has 3 aromatic carbocycles. The van der Waals surface area contributed by atoms with Crippen LogP contribution in [0.25, 0.3) is 0 Å². The highest BCUT2D eigenvalue weighted by Crippen LogP contribution is 2.50. The quantitative estimate of drug-likeness (QED) is 0.729. The number of fused-ring (bicyclic) bond motifs is 2. The van der Waals surface area contributed by atoms with Crippen LogP contribution >= 0.6 is 11.8 Å². The summed E-state index contributed by atoms with van der Waals surface area (Å²) in [6.45, 7) is 0.376. The van der Waals surface area contributed by atoms with Crippen molar-refractivity contribution in [1.29, 1.82) is 0 Å². The number of hydrogen-bond acceptors (Lipinski definition) is 4. The Hall–Kier alpha value is -3.12. The largest absolute Gasteiger partial charge is 0.304 e. The predicted octanol–water partition coefficient (Wildman–Crippen LogP) is 4.22. The number of benzene rings is 3. The minimum absolute atomic E-state index is 0.0716. The first kappa shape index (κ1) is 17.0. The van der Waals surface area contributed by atoms with Crippen molar-refractivity contribution < 1.29 is 9.18 Å². The summed E-state index contributed by atoms with van der Waals surface area (Å²) in [7, 11) is 0. The highest BCUT2D eigenvalue weighted by Gasteiger charge is 2.55. The third kappa shape index (κ3) is 2.60. The summed E-state index contributed by atoms with van der Waals surface area (Å²) in [4.78, 5) is 14.3. The molecule has 3 aromatic rings. The van der Waals surface area contributed by atoms with Gasteiger partial charge < -0.3 is 4.90 Å². The van der Waals surface area contributed by atoms with E-state index in [9.17, 15) is 9.18 Å². The minimum Gasteiger partial charge on any atom is -0.304 e. The molecule has 2 aliphatic rings. The molecule has 5 rings (SSSR count). The standard InChI is InChI=1S/C22H16FN3OS/c23-17-12-10-15(11-13-17)14-26-19-9-5-4-8-18(19)22(21(26)27)25-24-20(28-22)16-6-2-1-3-7-16/h1-13,25H,14H2. The average molecular weight is 389 g/mol. The molecule has 1 amide bonds. The molecule has 138 valence electrons. The van der Waals surface area contributed by atoms with E-state index in [4.69, 9.17) is 0 Å². The van der Waals surface area contributed by atoms with Gasteiger partial charge in [-0.2, -0.15) is 5.10 Å². The van der Waals surface area contributed by atoms with Crippen LogP contribution in [-0.2, 0) is 16.2 Å². The van der Waals surface area contributed by atoms with Crippen LogP contribution < -0.4 is 10.3 Å². The molecular formula is C22H16FN3OS. The summed E-state index contributed by atoms with van der Waals surface area (Å²) < 4.78 is 13.3. The summed E-state index contributed by atoms with van der Waals surface area (Å²) in [5, 5.41) is 5.26. The Labute approximate surface area is 166 Å². The molecule has 1 atom stereocenters. The molecule has 1 spiro atoms. The van der Waals surface area contributed by atoms with Crippen LogP contribution in [0, 0.1) is 5.82 Å². The Morgan fingerprint density at radius 2 is 1.68 bits per heavy atom. The molecule has 0 saturated carbocycles. The van der Waals surface area contributed by atoms with Gasteiger partial charge in [0.25, 0.3) is 5.91 Å². The summed E-state index contributed by atoms with van der Waals surface area (Å²) in [5.41, 5.74) is 6.69. The number of anilines is 1. The second-order valence-corrected chi connectivity index (χ2v) is 7.92. The highest BCUT2D eigenvalue weighted by molar-refractivity contribution is 8.16. The zero-order valence-corrected chi connectivity index (χ0v) is 15.6. The van der Waals surface area contributed by atoms with Gasteiger partial charge in [0.05, 0.1) is 12.2 Å². The van der Waals surface area contributed by atoms with Crippen molar-refractivity contribution in [3.05, 3.63) is 101 Å². The molecule has 2 heterocycles. The number of nitrogens with zero attached hydrogens (tertiary/aromatic N) is 2. The van der Waals surface area contributed by atoms with E-state index in [0.717, 1.165) is 27.4 Å². The Morgan fingerprint density at radius 3 is 2.46 bits per heavy atom. The predicted molar refractivity (Wildman–Crippen MR) is 109 cm³/mol. The Morgan fingerprint density at radius 1 is 0.964 bits per heavy atom. The van der Waals surface area contributed by atoms with Crippen LogP contribution in [0.5, 0.6) is 0 Å². The normalized spacial score (nSPS) is 20.2.